The predicted molar refractivity (Wildman–Crippen MR) is 116 cm³/mol. The molecule has 7 nitrogen and oxygen atoms in total. The largest absolute Gasteiger partial charge is 0.490 e. The number of aromatic nitrogens is 2. The van der Waals surface area contributed by atoms with Gasteiger partial charge in [-0.2, -0.15) is 5.10 Å². The number of hydrogen-bond donors (Lipinski definition) is 2. The van der Waals surface area contributed by atoms with E-state index >= 15 is 0 Å². The molecule has 30 heavy (non-hydrogen) atoms. The number of amides is 1. The summed E-state index contributed by atoms with van der Waals surface area (Å²) >= 11 is 0. The first-order valence-electron chi connectivity index (χ1n) is 10.0. The number of carbonyl (C=O) groups is 1. The average molecular weight is 409 g/mol. The lowest BCUT2D eigenvalue weighted by Gasteiger charge is -2.15. The molecule has 0 aliphatic carbocycles. The molecule has 0 saturated heterocycles. The fourth-order valence-corrected chi connectivity index (χ4v) is 3.05. The van der Waals surface area contributed by atoms with Crippen LogP contribution in [0.2, 0.25) is 0 Å². The van der Waals surface area contributed by atoms with Crippen LogP contribution in [0.25, 0.3) is 11.1 Å². The van der Waals surface area contributed by atoms with Crippen LogP contribution < -0.4 is 19.5 Å². The maximum absolute atomic E-state index is 12.7. The molecule has 2 aromatic carbocycles. The lowest BCUT2D eigenvalue weighted by Crippen LogP contribution is -2.30. The van der Waals surface area contributed by atoms with Gasteiger partial charge in [-0.05, 0) is 57.5 Å². The molecule has 1 atom stereocenters. The van der Waals surface area contributed by atoms with Crippen molar-refractivity contribution in [3.63, 3.8) is 0 Å². The molecule has 0 fully saturated rings. The second kappa shape index (κ2) is 9.82. The van der Waals surface area contributed by atoms with Gasteiger partial charge in [0.15, 0.2) is 23.4 Å². The van der Waals surface area contributed by atoms with Crippen LogP contribution >= 0.6 is 0 Å². The zero-order valence-corrected chi connectivity index (χ0v) is 17.7. The zero-order valence-electron chi connectivity index (χ0n) is 17.7. The first kappa shape index (κ1) is 21.2. The standard InChI is InChI=1S/C23H27N3O4/c1-5-28-19-13-12-17(14-20(19)29-6-2)21-15(3)25-26-22(21)24-23(27)16(4)30-18-10-8-7-9-11-18/h7-14,16H,5-6H2,1-4H3,(H2,24,25,26,27). The molecule has 7 heteroatoms. The van der Waals surface area contributed by atoms with Crippen LogP contribution in [0.15, 0.2) is 48.5 Å². The van der Waals surface area contributed by atoms with Crippen molar-refractivity contribution in [2.45, 2.75) is 33.8 Å². The summed E-state index contributed by atoms with van der Waals surface area (Å²) in [7, 11) is 0. The topological polar surface area (TPSA) is 85.5 Å². The van der Waals surface area contributed by atoms with Crippen molar-refractivity contribution < 1.29 is 19.0 Å². The van der Waals surface area contributed by atoms with E-state index in [9.17, 15) is 4.79 Å². The summed E-state index contributed by atoms with van der Waals surface area (Å²) in [5.41, 5.74) is 2.48. The van der Waals surface area contributed by atoms with Gasteiger partial charge in [-0.25, -0.2) is 0 Å². The van der Waals surface area contributed by atoms with Crippen LogP contribution in [0, 0.1) is 6.92 Å². The Morgan fingerprint density at radius 3 is 2.47 bits per heavy atom. The average Bonchev–Trinajstić information content (AvgIpc) is 3.10. The number of aryl methyl sites for hydroxylation is 1. The highest BCUT2D eigenvalue weighted by atomic mass is 16.5. The molecule has 158 valence electrons. The lowest BCUT2D eigenvalue weighted by atomic mass is 10.0. The Kier molecular flexibility index (Phi) is 6.95. The Labute approximate surface area is 176 Å². The molecule has 3 rings (SSSR count). The van der Waals surface area contributed by atoms with E-state index in [-0.39, 0.29) is 5.91 Å². The van der Waals surface area contributed by atoms with Gasteiger partial charge in [0.05, 0.1) is 13.2 Å². The maximum Gasteiger partial charge on any atom is 0.266 e. The minimum absolute atomic E-state index is 0.289. The fraction of sp³-hybridized carbons (Fsp3) is 0.304. The Bertz CT molecular complexity index is 985. The normalized spacial score (nSPS) is 11.6. The van der Waals surface area contributed by atoms with Crippen molar-refractivity contribution in [1.29, 1.82) is 0 Å². The summed E-state index contributed by atoms with van der Waals surface area (Å²) in [6.45, 7) is 8.52. The minimum atomic E-state index is -0.684. The van der Waals surface area contributed by atoms with Crippen molar-refractivity contribution in [2.24, 2.45) is 0 Å². The summed E-state index contributed by atoms with van der Waals surface area (Å²) in [5, 5.41) is 10.1. The number of aromatic amines is 1. The number of nitrogens with zero attached hydrogens (tertiary/aromatic N) is 1. The molecule has 2 N–H and O–H groups in total. The van der Waals surface area contributed by atoms with Gasteiger partial charge in [-0.1, -0.05) is 24.3 Å². The predicted octanol–water partition coefficient (Wildman–Crippen LogP) is 4.59. The van der Waals surface area contributed by atoms with Crippen LogP contribution in [0.5, 0.6) is 17.2 Å². The minimum Gasteiger partial charge on any atom is -0.490 e. The number of nitrogens with one attached hydrogen (secondary N) is 2. The van der Waals surface area contributed by atoms with Gasteiger partial charge < -0.3 is 19.5 Å². The van der Waals surface area contributed by atoms with Gasteiger partial charge >= 0.3 is 0 Å². The number of benzene rings is 2. The summed E-state index contributed by atoms with van der Waals surface area (Å²) in [5.74, 6) is 2.11. The summed E-state index contributed by atoms with van der Waals surface area (Å²) in [6.07, 6.45) is -0.684. The molecule has 0 aliphatic rings. The fourth-order valence-electron chi connectivity index (χ4n) is 3.05. The van der Waals surface area contributed by atoms with Gasteiger partial charge in [0.2, 0.25) is 0 Å². The number of rotatable bonds is 9. The Morgan fingerprint density at radius 2 is 1.77 bits per heavy atom. The van der Waals surface area contributed by atoms with Crippen LogP contribution in [-0.4, -0.2) is 35.4 Å². The molecule has 0 bridgehead atoms. The molecular formula is C23H27N3O4. The van der Waals surface area contributed by atoms with E-state index < -0.39 is 6.10 Å². The van der Waals surface area contributed by atoms with E-state index in [4.69, 9.17) is 14.2 Å². The van der Waals surface area contributed by atoms with Crippen molar-refractivity contribution >= 4 is 11.7 Å². The van der Waals surface area contributed by atoms with Gasteiger partial charge in [0, 0.05) is 11.3 Å². The van der Waals surface area contributed by atoms with Gasteiger partial charge in [0.1, 0.15) is 5.75 Å². The quantitative estimate of drug-likeness (QED) is 0.540. The van der Waals surface area contributed by atoms with Crippen molar-refractivity contribution in [3.8, 4) is 28.4 Å². The summed E-state index contributed by atoms with van der Waals surface area (Å²) in [4.78, 5) is 12.7. The van der Waals surface area contributed by atoms with Gasteiger partial charge in [0.25, 0.3) is 5.91 Å². The first-order valence-corrected chi connectivity index (χ1v) is 10.0. The van der Waals surface area contributed by atoms with Crippen LogP contribution in [0.1, 0.15) is 26.5 Å². The summed E-state index contributed by atoms with van der Waals surface area (Å²) in [6, 6.07) is 14.9. The molecule has 1 heterocycles. The van der Waals surface area contributed by atoms with E-state index in [2.05, 4.69) is 15.5 Å². The third-order valence-electron chi connectivity index (χ3n) is 4.45. The number of anilines is 1. The van der Waals surface area contributed by atoms with Crippen molar-refractivity contribution in [3.05, 3.63) is 54.2 Å². The Hall–Kier alpha value is -3.48. The molecular weight excluding hydrogens is 382 g/mol. The lowest BCUT2D eigenvalue weighted by molar-refractivity contribution is -0.122. The Morgan fingerprint density at radius 1 is 1.07 bits per heavy atom. The van der Waals surface area contributed by atoms with Crippen molar-refractivity contribution in [2.75, 3.05) is 18.5 Å². The van der Waals surface area contributed by atoms with Gasteiger partial charge in [-0.15, -0.1) is 0 Å². The molecule has 1 aromatic heterocycles. The number of hydrogen-bond acceptors (Lipinski definition) is 5. The van der Waals surface area contributed by atoms with Crippen LogP contribution in [0.3, 0.4) is 0 Å². The van der Waals surface area contributed by atoms with Crippen LogP contribution in [0.4, 0.5) is 5.82 Å². The zero-order chi connectivity index (χ0) is 21.5. The second-order valence-electron chi connectivity index (χ2n) is 6.66. The van der Waals surface area contributed by atoms with E-state index in [1.807, 2.05) is 69.3 Å². The Balaban J connectivity index is 1.82. The highest BCUT2D eigenvalue weighted by molar-refractivity contribution is 5.97. The third-order valence-corrected chi connectivity index (χ3v) is 4.45. The molecule has 0 spiro atoms. The highest BCUT2D eigenvalue weighted by Crippen LogP contribution is 2.36. The number of carbonyl (C=O) groups excluding carboxylic acids is 1. The highest BCUT2D eigenvalue weighted by Gasteiger charge is 2.21. The smallest absolute Gasteiger partial charge is 0.266 e. The number of ether oxygens (including phenoxy) is 3. The maximum atomic E-state index is 12.7. The molecule has 0 saturated carbocycles. The molecule has 1 unspecified atom stereocenters. The number of H-pyrrole nitrogens is 1. The molecule has 1 amide bonds. The van der Waals surface area contributed by atoms with E-state index in [1.54, 1.807) is 6.92 Å². The molecule has 0 radical (unpaired) electrons. The second-order valence-corrected chi connectivity index (χ2v) is 6.66. The number of para-hydroxylation sites is 1. The van der Waals surface area contributed by atoms with E-state index in [0.717, 1.165) is 16.8 Å². The summed E-state index contributed by atoms with van der Waals surface area (Å²) < 4.78 is 17.1. The monoisotopic (exact) mass is 409 g/mol. The molecule has 3 aromatic rings. The third kappa shape index (κ3) is 4.92. The van der Waals surface area contributed by atoms with Crippen LogP contribution in [-0.2, 0) is 4.79 Å². The van der Waals surface area contributed by atoms with Crippen molar-refractivity contribution in [1.82, 2.24) is 10.2 Å². The van der Waals surface area contributed by atoms with Gasteiger partial charge in [-0.3, -0.25) is 9.89 Å². The first-order chi connectivity index (χ1) is 14.5. The van der Waals surface area contributed by atoms with E-state index in [1.165, 1.54) is 0 Å². The molecule has 0 aliphatic heterocycles. The SMILES string of the molecule is CCOc1ccc(-c2c(NC(=O)C(C)Oc3ccccc3)n[nH]c2C)cc1OCC. The van der Waals surface area contributed by atoms with E-state index in [0.29, 0.717) is 36.3 Å².